The van der Waals surface area contributed by atoms with Crippen LogP contribution >= 0.6 is 22.7 Å². The second-order valence-electron chi connectivity index (χ2n) is 38.8. The molecule has 592 valence electrons. The van der Waals surface area contributed by atoms with E-state index in [-0.39, 0.29) is 0 Å². The zero-order valence-corrected chi connectivity index (χ0v) is 75.8. The van der Waals surface area contributed by atoms with Crippen molar-refractivity contribution in [3.63, 3.8) is 0 Å². The molecule has 0 saturated carbocycles. The SMILES string of the molecule is C1=CCC=C1.C1=CCN=C1.C1=CN=CC1.CC(C)(C)C.CC(C)(C)C.CC(C)(C)C.CC(C)(C)C.CC(C)(C)C.CC(C)(C)C.CC(C)(C)C.CC(C)(C)C.CC(C)(C)C.CC(C)(C)C.c1ccncc1.c1ccnnc1.c1ccoc1.c1ccsc1.c1cnccn1.c1cocn1.c1cscn1. The van der Waals surface area contributed by atoms with Gasteiger partial charge >= 0.3 is 0 Å². The number of allylic oxidation sites excluding steroid dienone is 6. The van der Waals surface area contributed by atoms with Gasteiger partial charge in [0.15, 0.2) is 6.39 Å². The highest BCUT2D eigenvalue weighted by Crippen LogP contribution is 2.12. The van der Waals surface area contributed by atoms with Crippen molar-refractivity contribution < 1.29 is 8.83 Å². The molecule has 1 aliphatic carbocycles. The summed E-state index contributed by atoms with van der Waals surface area (Å²) in [4.78, 5) is 26.2. The highest BCUT2D eigenvalue weighted by Gasteiger charge is 2.00. The molecule has 7 aromatic heterocycles. The Kier molecular flexibility index (Phi) is 85.7. The van der Waals surface area contributed by atoms with Gasteiger partial charge in [0.05, 0.1) is 30.8 Å². The molecule has 10 rings (SSSR count). The summed E-state index contributed by atoms with van der Waals surface area (Å²) in [5, 5.41) is 13.1. The fourth-order valence-electron chi connectivity index (χ4n) is 2.63. The predicted octanol–water partition coefficient (Wildman–Crippen LogP) is 30.5. The average molecular weight is 1470 g/mol. The lowest BCUT2D eigenvalue weighted by Crippen LogP contribution is -1.93. The molecular formula is C90H163N9O2S2. The Morgan fingerprint density at radius 1 is 0.272 bits per heavy atom. The number of pyridine rings is 1. The van der Waals surface area contributed by atoms with Crippen LogP contribution in [0.5, 0.6) is 0 Å². The van der Waals surface area contributed by atoms with Crippen LogP contribution in [0, 0.1) is 54.1 Å². The van der Waals surface area contributed by atoms with Crippen LogP contribution < -0.4 is 0 Å². The largest absolute Gasteiger partial charge is 0.473 e. The van der Waals surface area contributed by atoms with Gasteiger partial charge in [-0.15, -0.1) is 11.3 Å². The molecule has 0 bridgehead atoms. The fourth-order valence-corrected chi connectivity index (χ4v) is 3.43. The van der Waals surface area contributed by atoms with Crippen molar-refractivity contribution in [1.82, 2.24) is 35.1 Å². The zero-order valence-electron chi connectivity index (χ0n) is 74.1. The van der Waals surface area contributed by atoms with Gasteiger partial charge in [-0.25, -0.2) is 4.98 Å². The molecule has 0 amide bonds. The van der Waals surface area contributed by atoms with Gasteiger partial charge in [0, 0.05) is 86.2 Å². The summed E-state index contributed by atoms with van der Waals surface area (Å²) in [6, 6.07) is 17.1. The first-order valence-corrected chi connectivity index (χ1v) is 37.9. The molecule has 3 aliphatic rings. The van der Waals surface area contributed by atoms with E-state index in [0.717, 1.165) is 19.4 Å². The van der Waals surface area contributed by atoms with E-state index >= 15 is 0 Å². The minimum Gasteiger partial charge on any atom is -0.473 e. The van der Waals surface area contributed by atoms with Crippen molar-refractivity contribution in [3.8, 4) is 0 Å². The summed E-state index contributed by atoms with van der Waals surface area (Å²) < 4.78 is 9.06. The molecule has 0 unspecified atom stereocenters. The number of oxazole rings is 1. The second kappa shape index (κ2) is 75.1. The van der Waals surface area contributed by atoms with Crippen molar-refractivity contribution >= 4 is 35.1 Å². The lowest BCUT2D eigenvalue weighted by atomic mass is 10.0. The van der Waals surface area contributed by atoms with E-state index in [0.29, 0.717) is 54.1 Å². The molecule has 0 fully saturated rings. The quantitative estimate of drug-likeness (QED) is 0.145. The van der Waals surface area contributed by atoms with Crippen molar-refractivity contribution in [3.05, 3.63) is 212 Å². The third-order valence-corrected chi connectivity index (χ3v) is 5.96. The number of aliphatic imine (C=N–C) groups is 2. The van der Waals surface area contributed by atoms with Gasteiger partial charge in [-0.05, 0) is 114 Å². The number of thiophene rings is 1. The highest BCUT2D eigenvalue weighted by molar-refractivity contribution is 7.07. The summed E-state index contributed by atoms with van der Waals surface area (Å²) in [5.74, 6) is 0. The van der Waals surface area contributed by atoms with Crippen LogP contribution in [0.25, 0.3) is 0 Å². The van der Waals surface area contributed by atoms with Crippen LogP contribution in [0.4, 0.5) is 0 Å². The van der Waals surface area contributed by atoms with Gasteiger partial charge in [0.1, 0.15) is 6.26 Å². The summed E-state index contributed by atoms with van der Waals surface area (Å²) in [6.45, 7) is 88.4. The van der Waals surface area contributed by atoms with Gasteiger partial charge in [-0.1, -0.05) is 332 Å². The summed E-state index contributed by atoms with van der Waals surface area (Å²) in [7, 11) is 0. The van der Waals surface area contributed by atoms with Crippen LogP contribution in [-0.2, 0) is 0 Å². The lowest BCUT2D eigenvalue weighted by molar-refractivity contribution is 0.469. The number of aromatic nitrogens is 7. The maximum atomic E-state index is 4.58. The van der Waals surface area contributed by atoms with Crippen molar-refractivity contribution in [2.75, 3.05) is 6.54 Å². The molecule has 9 heterocycles. The van der Waals surface area contributed by atoms with E-state index in [1.165, 1.54) is 12.7 Å². The Bertz CT molecular complexity index is 2030. The number of thiazole rings is 1. The van der Waals surface area contributed by atoms with E-state index in [4.69, 9.17) is 0 Å². The van der Waals surface area contributed by atoms with E-state index in [2.05, 4.69) is 355 Å². The third kappa shape index (κ3) is 386. The molecule has 0 aromatic carbocycles. The maximum absolute atomic E-state index is 4.58. The van der Waals surface area contributed by atoms with Gasteiger partial charge < -0.3 is 8.83 Å². The van der Waals surface area contributed by atoms with Crippen LogP contribution in [0.3, 0.4) is 0 Å². The molecule has 0 atom stereocenters. The maximum Gasteiger partial charge on any atom is 0.180 e. The van der Waals surface area contributed by atoms with Gasteiger partial charge in [-0.2, -0.15) is 21.5 Å². The molecule has 0 spiro atoms. The Morgan fingerprint density at radius 2 is 0.621 bits per heavy atom. The number of rotatable bonds is 0. The van der Waals surface area contributed by atoms with Crippen LogP contribution in [-0.4, -0.2) is 54.1 Å². The number of hydrogen-bond acceptors (Lipinski definition) is 13. The summed E-state index contributed by atoms with van der Waals surface area (Å²) >= 11 is 3.31. The van der Waals surface area contributed by atoms with Crippen molar-refractivity contribution in [1.29, 1.82) is 0 Å². The fraction of sp³-hybridized carbons (Fsp3) is 0.589. The summed E-state index contributed by atoms with van der Waals surface area (Å²) in [6.07, 6.45) is 44.8. The minimum absolute atomic E-state index is 0.500. The minimum atomic E-state index is 0.500. The molecule has 2 aliphatic heterocycles. The first kappa shape index (κ1) is 118. The molecular weight excluding hydrogens is 1300 g/mol. The smallest absolute Gasteiger partial charge is 0.180 e. The molecule has 103 heavy (non-hydrogen) atoms. The van der Waals surface area contributed by atoms with E-state index < -0.39 is 0 Å². The van der Waals surface area contributed by atoms with Crippen LogP contribution in [0.15, 0.2) is 231 Å². The number of hydrogen-bond donors (Lipinski definition) is 0. The highest BCUT2D eigenvalue weighted by atomic mass is 32.1. The Hall–Kier alpha value is -6.57. The third-order valence-electron chi connectivity index (χ3n) is 4.80. The Balaban J connectivity index is -0.000000111. The first-order chi connectivity index (χ1) is 46.5. The Morgan fingerprint density at radius 3 is 0.718 bits per heavy atom. The monoisotopic (exact) mass is 1470 g/mol. The number of furan rings is 1. The lowest BCUT2D eigenvalue weighted by Gasteiger charge is -2.05. The topological polar surface area (TPSA) is 141 Å². The van der Waals surface area contributed by atoms with Gasteiger partial charge in [0.25, 0.3) is 0 Å². The molecule has 0 radical (unpaired) electrons. The molecule has 7 aromatic rings. The standard InChI is InChI=1S/C5H5N.C5H6.10C5H12.2C4H4N2.2C4H5N.C4H4O.C4H4S.C3H3NO.C3H3NS/c1-2-4-6-5-3-1;1-2-4-5-3-1;10*1-5(2,3)4;1-2-6-4-3-5-1;1-2-4-6-5-3-1;4*1-2-4-5-3-1;2*1-2-5-3-4-1/h1-5H;1-4H,5H2;10*1-4H3;2*1-4H;1,3-4H,2H2;1-3H,4H2;2*1-4H;2*1-3H. The molecule has 0 saturated heterocycles. The van der Waals surface area contributed by atoms with E-state index in [1.807, 2.05) is 95.2 Å². The first-order valence-electron chi connectivity index (χ1n) is 36.0. The Labute approximate surface area is 647 Å². The number of nitrogens with zero attached hydrogens (tertiary/aromatic N) is 9. The van der Waals surface area contributed by atoms with E-state index in [1.54, 1.807) is 115 Å². The zero-order chi connectivity index (χ0) is 82.5. The molecule has 0 N–H and O–H groups in total. The van der Waals surface area contributed by atoms with Crippen molar-refractivity contribution in [2.45, 2.75) is 290 Å². The molecule has 11 nitrogen and oxygen atoms in total. The van der Waals surface area contributed by atoms with Gasteiger partial charge in [0.2, 0.25) is 0 Å². The predicted molar refractivity (Wildman–Crippen MR) is 469 cm³/mol. The molecule has 13 heteroatoms. The van der Waals surface area contributed by atoms with Crippen LogP contribution in [0.1, 0.15) is 290 Å². The van der Waals surface area contributed by atoms with Crippen LogP contribution in [0.2, 0.25) is 0 Å². The van der Waals surface area contributed by atoms with Crippen molar-refractivity contribution in [2.24, 2.45) is 64.1 Å². The average Bonchev–Trinajstić information content (AvgIpc) is 4.53. The van der Waals surface area contributed by atoms with E-state index in [9.17, 15) is 0 Å². The van der Waals surface area contributed by atoms with Gasteiger partial charge in [-0.3, -0.25) is 29.9 Å². The summed E-state index contributed by atoms with van der Waals surface area (Å²) in [5.41, 5.74) is 6.79. The normalized spacial score (nSPS) is 11.3. The second-order valence-corrected chi connectivity index (χ2v) is 40.3.